The third kappa shape index (κ3) is 4.19. The lowest BCUT2D eigenvalue weighted by Gasteiger charge is -2.30. The maximum absolute atomic E-state index is 13.2. The van der Waals surface area contributed by atoms with Gasteiger partial charge in [-0.1, -0.05) is 17.3 Å². The summed E-state index contributed by atoms with van der Waals surface area (Å²) in [6.45, 7) is 1.62. The molecule has 4 aromatic rings. The molecule has 3 heterocycles. The van der Waals surface area contributed by atoms with Crippen molar-refractivity contribution in [2.45, 2.75) is 25.8 Å². The van der Waals surface area contributed by atoms with Gasteiger partial charge in [-0.05, 0) is 55.7 Å². The SMILES string of the molecule is O=C(Cn1nnc2c(cnn2-c2ccc(F)cc2)c1=O)Nc1ccccc1N1CCCCC1. The highest BCUT2D eigenvalue weighted by Crippen LogP contribution is 2.28. The molecule has 2 aromatic carbocycles. The molecule has 168 valence electrons. The smallest absolute Gasteiger partial charge is 0.281 e. The Morgan fingerprint density at radius 2 is 1.79 bits per heavy atom. The quantitative estimate of drug-likeness (QED) is 0.505. The second kappa shape index (κ2) is 8.81. The summed E-state index contributed by atoms with van der Waals surface area (Å²) in [5, 5.41) is 15.3. The predicted molar refractivity (Wildman–Crippen MR) is 122 cm³/mol. The Hall–Kier alpha value is -4.08. The van der Waals surface area contributed by atoms with Crippen molar-refractivity contribution in [2.24, 2.45) is 0 Å². The fourth-order valence-corrected chi connectivity index (χ4v) is 4.06. The molecule has 1 saturated heterocycles. The monoisotopic (exact) mass is 447 g/mol. The van der Waals surface area contributed by atoms with Crippen molar-refractivity contribution in [3.05, 3.63) is 70.9 Å². The van der Waals surface area contributed by atoms with Crippen LogP contribution in [0.3, 0.4) is 0 Å². The summed E-state index contributed by atoms with van der Waals surface area (Å²) in [6.07, 6.45) is 4.83. The summed E-state index contributed by atoms with van der Waals surface area (Å²) in [7, 11) is 0. The fraction of sp³-hybridized carbons (Fsp3) is 0.261. The van der Waals surface area contributed by atoms with Gasteiger partial charge >= 0.3 is 0 Å². The minimum atomic E-state index is -0.479. The lowest BCUT2D eigenvalue weighted by atomic mass is 10.1. The molecule has 2 aromatic heterocycles. The van der Waals surface area contributed by atoms with Crippen LogP contribution in [0.25, 0.3) is 16.7 Å². The summed E-state index contributed by atoms with van der Waals surface area (Å²) < 4.78 is 15.6. The molecule has 9 nitrogen and oxygen atoms in total. The summed E-state index contributed by atoms with van der Waals surface area (Å²) in [4.78, 5) is 27.9. The molecular formula is C23H22FN7O2. The summed E-state index contributed by atoms with van der Waals surface area (Å²) in [6, 6.07) is 13.3. The number of halogens is 1. The lowest BCUT2D eigenvalue weighted by molar-refractivity contribution is -0.117. The van der Waals surface area contributed by atoms with E-state index < -0.39 is 5.56 Å². The second-order valence-electron chi connectivity index (χ2n) is 7.94. The number of amides is 1. The number of rotatable bonds is 5. The zero-order valence-corrected chi connectivity index (χ0v) is 17.8. The molecule has 0 radical (unpaired) electrons. The van der Waals surface area contributed by atoms with Gasteiger partial charge in [-0.15, -0.1) is 5.10 Å². The topological polar surface area (TPSA) is 97.9 Å². The average molecular weight is 447 g/mol. The molecule has 5 rings (SSSR count). The maximum Gasteiger partial charge on any atom is 0.281 e. The van der Waals surface area contributed by atoms with Gasteiger partial charge in [-0.2, -0.15) is 5.10 Å². The van der Waals surface area contributed by atoms with Crippen molar-refractivity contribution < 1.29 is 9.18 Å². The van der Waals surface area contributed by atoms with Gasteiger partial charge in [0.25, 0.3) is 5.56 Å². The van der Waals surface area contributed by atoms with Crippen LogP contribution in [-0.4, -0.2) is 43.8 Å². The number of nitrogens with zero attached hydrogens (tertiary/aromatic N) is 6. The highest BCUT2D eigenvalue weighted by Gasteiger charge is 2.18. The van der Waals surface area contributed by atoms with Crippen molar-refractivity contribution in [1.29, 1.82) is 0 Å². The number of hydrogen-bond acceptors (Lipinski definition) is 6. The Morgan fingerprint density at radius 3 is 2.58 bits per heavy atom. The third-order valence-electron chi connectivity index (χ3n) is 5.70. The molecule has 0 bridgehead atoms. The van der Waals surface area contributed by atoms with Gasteiger partial charge < -0.3 is 10.2 Å². The van der Waals surface area contributed by atoms with Gasteiger partial charge in [0, 0.05) is 13.1 Å². The Bertz CT molecular complexity index is 1360. The highest BCUT2D eigenvalue weighted by molar-refractivity contribution is 5.94. The van der Waals surface area contributed by atoms with E-state index in [1.165, 1.54) is 41.6 Å². The van der Waals surface area contributed by atoms with Crippen LogP contribution in [0.4, 0.5) is 15.8 Å². The van der Waals surface area contributed by atoms with Crippen molar-refractivity contribution >= 4 is 28.3 Å². The van der Waals surface area contributed by atoms with Crippen LogP contribution in [0.5, 0.6) is 0 Å². The highest BCUT2D eigenvalue weighted by atomic mass is 19.1. The minimum absolute atomic E-state index is 0.218. The summed E-state index contributed by atoms with van der Waals surface area (Å²) >= 11 is 0. The second-order valence-corrected chi connectivity index (χ2v) is 7.94. The van der Waals surface area contributed by atoms with E-state index in [9.17, 15) is 14.0 Å². The fourth-order valence-electron chi connectivity index (χ4n) is 4.06. The Morgan fingerprint density at radius 1 is 1.03 bits per heavy atom. The van der Waals surface area contributed by atoms with E-state index in [2.05, 4.69) is 25.6 Å². The first-order chi connectivity index (χ1) is 16.1. The van der Waals surface area contributed by atoms with Crippen LogP contribution in [0.15, 0.2) is 59.5 Å². The zero-order valence-electron chi connectivity index (χ0n) is 17.8. The average Bonchev–Trinajstić information content (AvgIpc) is 3.27. The molecule has 0 unspecified atom stereocenters. The number of aromatic nitrogens is 5. The number of fused-ring (bicyclic) bond motifs is 1. The summed E-state index contributed by atoms with van der Waals surface area (Å²) in [5.41, 5.74) is 1.98. The van der Waals surface area contributed by atoms with Gasteiger partial charge in [0.1, 0.15) is 17.7 Å². The minimum Gasteiger partial charge on any atom is -0.370 e. The van der Waals surface area contributed by atoms with Gasteiger partial charge in [0.15, 0.2) is 5.65 Å². The van der Waals surface area contributed by atoms with Crippen LogP contribution in [0, 0.1) is 5.82 Å². The van der Waals surface area contributed by atoms with E-state index in [4.69, 9.17) is 0 Å². The van der Waals surface area contributed by atoms with Crippen LogP contribution in [0.2, 0.25) is 0 Å². The van der Waals surface area contributed by atoms with Crippen molar-refractivity contribution in [1.82, 2.24) is 24.8 Å². The molecule has 33 heavy (non-hydrogen) atoms. The number of para-hydroxylation sites is 2. The Kier molecular flexibility index (Phi) is 5.55. The molecule has 1 aliphatic heterocycles. The molecule has 1 N–H and O–H groups in total. The predicted octanol–water partition coefficient (Wildman–Crippen LogP) is 2.75. The van der Waals surface area contributed by atoms with Crippen molar-refractivity contribution in [2.75, 3.05) is 23.3 Å². The Labute approximate surface area is 188 Å². The number of anilines is 2. The molecule has 1 fully saturated rings. The van der Waals surface area contributed by atoms with Gasteiger partial charge in [-0.25, -0.2) is 13.8 Å². The van der Waals surface area contributed by atoms with Crippen LogP contribution in [-0.2, 0) is 11.3 Å². The van der Waals surface area contributed by atoms with Crippen LogP contribution in [0.1, 0.15) is 19.3 Å². The zero-order chi connectivity index (χ0) is 22.8. The standard InChI is InChI=1S/C23H22FN7O2/c24-16-8-10-17(11-9-16)31-22-18(14-25-31)23(33)30(28-27-22)15-21(32)26-19-6-2-3-7-20(19)29-12-4-1-5-13-29/h2-3,6-11,14H,1,4-5,12-13,15H2,(H,26,32). The van der Waals surface area contributed by atoms with E-state index in [-0.39, 0.29) is 29.3 Å². The lowest BCUT2D eigenvalue weighted by Crippen LogP contribution is -2.32. The Balaban J connectivity index is 1.37. The first-order valence-electron chi connectivity index (χ1n) is 10.8. The largest absolute Gasteiger partial charge is 0.370 e. The molecule has 0 spiro atoms. The van der Waals surface area contributed by atoms with Crippen LogP contribution >= 0.6 is 0 Å². The van der Waals surface area contributed by atoms with E-state index in [0.717, 1.165) is 36.3 Å². The first-order valence-corrected chi connectivity index (χ1v) is 10.8. The third-order valence-corrected chi connectivity index (χ3v) is 5.70. The molecular weight excluding hydrogens is 425 g/mol. The van der Waals surface area contributed by atoms with Crippen molar-refractivity contribution in [3.63, 3.8) is 0 Å². The van der Waals surface area contributed by atoms with Gasteiger partial charge in [0.2, 0.25) is 5.91 Å². The maximum atomic E-state index is 13.2. The van der Waals surface area contributed by atoms with E-state index in [1.807, 2.05) is 24.3 Å². The van der Waals surface area contributed by atoms with E-state index in [0.29, 0.717) is 11.4 Å². The number of piperidine rings is 1. The normalized spacial score (nSPS) is 13.9. The molecule has 1 amide bonds. The van der Waals surface area contributed by atoms with Crippen LogP contribution < -0.4 is 15.8 Å². The number of hydrogen-bond donors (Lipinski definition) is 1. The first kappa shape index (κ1) is 20.8. The number of carbonyl (C=O) groups is 1. The van der Waals surface area contributed by atoms with E-state index >= 15 is 0 Å². The number of benzene rings is 2. The van der Waals surface area contributed by atoms with Crippen molar-refractivity contribution in [3.8, 4) is 5.69 Å². The molecule has 0 aliphatic carbocycles. The van der Waals surface area contributed by atoms with Gasteiger partial charge in [-0.3, -0.25) is 9.59 Å². The molecule has 0 saturated carbocycles. The molecule has 0 atom stereocenters. The number of nitrogens with one attached hydrogen (secondary N) is 1. The van der Waals surface area contributed by atoms with Gasteiger partial charge in [0.05, 0.1) is 23.3 Å². The summed E-state index contributed by atoms with van der Waals surface area (Å²) in [5.74, 6) is -0.752. The number of carbonyl (C=O) groups excluding carboxylic acids is 1. The molecule has 10 heteroatoms. The molecule has 1 aliphatic rings. The van der Waals surface area contributed by atoms with E-state index in [1.54, 1.807) is 0 Å².